The molecular weight excluding hydrogens is 280 g/mol. The molecule has 1 saturated carbocycles. The summed E-state index contributed by atoms with van der Waals surface area (Å²) in [5.41, 5.74) is -1.07. The molecule has 110 valence electrons. The lowest BCUT2D eigenvalue weighted by molar-refractivity contribution is -0.146. The van der Waals surface area contributed by atoms with Gasteiger partial charge in [-0.15, -0.1) is 0 Å². The summed E-state index contributed by atoms with van der Waals surface area (Å²) >= 11 is 0. The number of carboxylic acids is 1. The highest BCUT2D eigenvalue weighted by atomic mass is 32.2. The topological polar surface area (TPSA) is 74.7 Å². The Bertz CT molecular complexity index is 485. The highest BCUT2D eigenvalue weighted by Crippen LogP contribution is 2.43. The van der Waals surface area contributed by atoms with Crippen LogP contribution in [0.5, 0.6) is 0 Å². The fourth-order valence-corrected chi connectivity index (χ4v) is 4.53. The molecule has 1 unspecified atom stereocenters. The Morgan fingerprint density at radius 3 is 2.42 bits per heavy atom. The molecule has 19 heavy (non-hydrogen) atoms. The van der Waals surface area contributed by atoms with Crippen LogP contribution in [0.4, 0.5) is 8.78 Å². The molecule has 0 spiro atoms. The summed E-state index contributed by atoms with van der Waals surface area (Å²) in [6.45, 7) is 1.57. The van der Waals surface area contributed by atoms with Gasteiger partial charge in [0.15, 0.2) is 0 Å². The van der Waals surface area contributed by atoms with Crippen LogP contribution in [0.15, 0.2) is 0 Å². The molecule has 0 aromatic rings. The van der Waals surface area contributed by atoms with E-state index in [9.17, 15) is 22.0 Å². The molecule has 2 fully saturated rings. The van der Waals surface area contributed by atoms with Crippen molar-refractivity contribution in [3.63, 3.8) is 0 Å². The lowest BCUT2D eigenvalue weighted by Crippen LogP contribution is -2.43. The Morgan fingerprint density at radius 1 is 1.42 bits per heavy atom. The molecule has 0 bridgehead atoms. The number of carboxylic acid groups (broad SMARTS) is 1. The quantitative estimate of drug-likeness (QED) is 0.845. The maximum Gasteiger partial charge on any atom is 0.310 e. The van der Waals surface area contributed by atoms with Gasteiger partial charge in [-0.05, 0) is 19.3 Å². The SMILES string of the molecule is CC1(C(=O)O)CCN(S(=O)(=O)CC2CC(F)(F)C2)C1. The molecule has 2 aliphatic rings. The second-order valence-corrected chi connectivity index (χ2v) is 7.87. The van der Waals surface area contributed by atoms with Crippen LogP contribution in [-0.4, -0.2) is 48.6 Å². The molecule has 0 amide bonds. The molecule has 2 rings (SSSR count). The summed E-state index contributed by atoms with van der Waals surface area (Å²) in [6.07, 6.45) is -0.533. The Hall–Kier alpha value is -0.760. The Balaban J connectivity index is 1.97. The largest absolute Gasteiger partial charge is 0.481 e. The van der Waals surface area contributed by atoms with Crippen LogP contribution in [0.2, 0.25) is 0 Å². The highest BCUT2D eigenvalue weighted by molar-refractivity contribution is 7.89. The van der Waals surface area contributed by atoms with Crippen molar-refractivity contribution < 1.29 is 27.1 Å². The summed E-state index contributed by atoms with van der Waals surface area (Å²) in [4.78, 5) is 11.0. The van der Waals surface area contributed by atoms with E-state index in [4.69, 9.17) is 5.11 Å². The molecular formula is C11H17F2NO4S. The van der Waals surface area contributed by atoms with E-state index in [0.29, 0.717) is 0 Å². The summed E-state index contributed by atoms with van der Waals surface area (Å²) in [5.74, 6) is -4.59. The number of rotatable bonds is 4. The van der Waals surface area contributed by atoms with Crippen LogP contribution in [0.1, 0.15) is 26.2 Å². The van der Waals surface area contributed by atoms with Crippen molar-refractivity contribution in [2.75, 3.05) is 18.8 Å². The number of halogens is 2. The zero-order valence-electron chi connectivity index (χ0n) is 10.6. The van der Waals surface area contributed by atoms with Gasteiger partial charge in [0.1, 0.15) is 0 Å². The number of sulfonamides is 1. The lowest BCUT2D eigenvalue weighted by Gasteiger charge is -2.35. The van der Waals surface area contributed by atoms with Gasteiger partial charge in [-0.1, -0.05) is 0 Å². The van der Waals surface area contributed by atoms with Crippen molar-refractivity contribution in [1.82, 2.24) is 4.31 Å². The Labute approximate surface area is 110 Å². The van der Waals surface area contributed by atoms with Gasteiger partial charge >= 0.3 is 5.97 Å². The monoisotopic (exact) mass is 297 g/mol. The second-order valence-electron chi connectivity index (χ2n) is 5.86. The van der Waals surface area contributed by atoms with Gasteiger partial charge < -0.3 is 5.11 Å². The van der Waals surface area contributed by atoms with E-state index in [-0.39, 0.29) is 25.3 Å². The van der Waals surface area contributed by atoms with E-state index < -0.39 is 46.1 Å². The predicted molar refractivity (Wildman–Crippen MR) is 63.4 cm³/mol. The van der Waals surface area contributed by atoms with Gasteiger partial charge in [-0.3, -0.25) is 4.79 Å². The van der Waals surface area contributed by atoms with Crippen molar-refractivity contribution in [1.29, 1.82) is 0 Å². The molecule has 8 heteroatoms. The van der Waals surface area contributed by atoms with Gasteiger partial charge in [0.2, 0.25) is 15.9 Å². The molecule has 1 heterocycles. The van der Waals surface area contributed by atoms with Crippen LogP contribution in [-0.2, 0) is 14.8 Å². The van der Waals surface area contributed by atoms with Crippen LogP contribution in [0.3, 0.4) is 0 Å². The van der Waals surface area contributed by atoms with Crippen molar-refractivity contribution >= 4 is 16.0 Å². The highest BCUT2D eigenvalue weighted by Gasteiger charge is 2.49. The minimum Gasteiger partial charge on any atom is -0.481 e. The predicted octanol–water partition coefficient (Wildman–Crippen LogP) is 1.16. The smallest absolute Gasteiger partial charge is 0.310 e. The number of hydrogen-bond donors (Lipinski definition) is 1. The fraction of sp³-hybridized carbons (Fsp3) is 0.909. The van der Waals surface area contributed by atoms with Gasteiger partial charge in [0, 0.05) is 25.9 Å². The van der Waals surface area contributed by atoms with E-state index >= 15 is 0 Å². The first kappa shape index (κ1) is 14.6. The third kappa shape index (κ3) is 2.89. The number of carbonyl (C=O) groups is 1. The van der Waals surface area contributed by atoms with Crippen LogP contribution >= 0.6 is 0 Å². The Morgan fingerprint density at radius 2 is 2.00 bits per heavy atom. The maximum atomic E-state index is 12.7. The van der Waals surface area contributed by atoms with E-state index in [1.807, 2.05) is 0 Å². The summed E-state index contributed by atoms with van der Waals surface area (Å²) < 4.78 is 50.6. The zero-order chi connectivity index (χ0) is 14.5. The number of nitrogens with zero attached hydrogens (tertiary/aromatic N) is 1. The second kappa shape index (κ2) is 4.37. The third-order valence-electron chi connectivity index (χ3n) is 3.97. The molecule has 1 atom stereocenters. The molecule has 0 aromatic carbocycles. The molecule has 0 radical (unpaired) electrons. The minimum absolute atomic E-state index is 0.0756. The van der Waals surface area contributed by atoms with Crippen molar-refractivity contribution in [2.24, 2.45) is 11.3 Å². The lowest BCUT2D eigenvalue weighted by atomic mass is 9.83. The fourth-order valence-electron chi connectivity index (χ4n) is 2.64. The zero-order valence-corrected chi connectivity index (χ0v) is 11.4. The van der Waals surface area contributed by atoms with E-state index in [1.54, 1.807) is 0 Å². The normalized spacial score (nSPS) is 32.2. The van der Waals surface area contributed by atoms with Crippen molar-refractivity contribution in [3.8, 4) is 0 Å². The van der Waals surface area contributed by atoms with Gasteiger partial charge in [-0.25, -0.2) is 21.5 Å². The minimum atomic E-state index is -3.64. The van der Waals surface area contributed by atoms with Gasteiger partial charge in [-0.2, -0.15) is 0 Å². The molecule has 1 aliphatic carbocycles. The molecule has 5 nitrogen and oxygen atoms in total. The van der Waals surface area contributed by atoms with Crippen LogP contribution in [0, 0.1) is 11.3 Å². The summed E-state index contributed by atoms with van der Waals surface area (Å²) in [7, 11) is -3.64. The Kier molecular flexibility index (Phi) is 3.37. The first-order chi connectivity index (χ1) is 8.54. The first-order valence-corrected chi connectivity index (χ1v) is 7.74. The number of aliphatic carboxylic acids is 1. The van der Waals surface area contributed by atoms with Gasteiger partial charge in [0.05, 0.1) is 11.2 Å². The number of alkyl halides is 2. The van der Waals surface area contributed by atoms with E-state index in [0.717, 1.165) is 4.31 Å². The summed E-state index contributed by atoms with van der Waals surface area (Å²) in [6, 6.07) is 0. The van der Waals surface area contributed by atoms with Crippen LogP contribution in [0.25, 0.3) is 0 Å². The number of hydrogen-bond acceptors (Lipinski definition) is 3. The average molecular weight is 297 g/mol. The molecule has 0 aromatic heterocycles. The van der Waals surface area contributed by atoms with Crippen molar-refractivity contribution in [2.45, 2.75) is 32.1 Å². The average Bonchev–Trinajstić information content (AvgIpc) is 2.59. The first-order valence-electron chi connectivity index (χ1n) is 6.13. The van der Waals surface area contributed by atoms with E-state index in [1.165, 1.54) is 6.92 Å². The third-order valence-corrected chi connectivity index (χ3v) is 5.96. The summed E-state index contributed by atoms with van der Waals surface area (Å²) in [5, 5.41) is 9.04. The van der Waals surface area contributed by atoms with Crippen LogP contribution < -0.4 is 0 Å². The maximum absolute atomic E-state index is 12.7. The van der Waals surface area contributed by atoms with Crippen molar-refractivity contribution in [3.05, 3.63) is 0 Å². The van der Waals surface area contributed by atoms with E-state index in [2.05, 4.69) is 0 Å². The molecule has 1 N–H and O–H groups in total. The molecule has 1 saturated heterocycles. The standard InChI is InChI=1S/C11H17F2NO4S/c1-10(9(15)16)2-3-14(7-10)19(17,18)6-8-4-11(12,13)5-8/h8H,2-7H2,1H3,(H,15,16). The van der Waals surface area contributed by atoms with Gasteiger partial charge in [0.25, 0.3) is 0 Å². The molecule has 1 aliphatic heterocycles.